The van der Waals surface area contributed by atoms with Crippen LogP contribution in [0.15, 0.2) is 0 Å². The molecule has 16 heavy (non-hydrogen) atoms. The van der Waals surface area contributed by atoms with Gasteiger partial charge in [0.25, 0.3) is 0 Å². The highest BCUT2D eigenvalue weighted by Gasteiger charge is 2.43. The van der Waals surface area contributed by atoms with Crippen LogP contribution < -0.4 is 0 Å². The molecule has 0 saturated heterocycles. The lowest BCUT2D eigenvalue weighted by Crippen LogP contribution is -2.20. The van der Waals surface area contributed by atoms with E-state index < -0.39 is 0 Å². The third-order valence-corrected chi connectivity index (χ3v) is 4.46. The van der Waals surface area contributed by atoms with E-state index in [4.69, 9.17) is 4.74 Å². The average molecular weight is 226 g/mol. The topological polar surface area (TPSA) is 26.3 Å². The van der Waals surface area contributed by atoms with Crippen LogP contribution in [0.3, 0.4) is 0 Å². The predicted molar refractivity (Wildman–Crippen MR) is 66.0 cm³/mol. The molecular weight excluding hydrogens is 200 g/mol. The molecule has 0 heterocycles. The van der Waals surface area contributed by atoms with E-state index in [1.54, 1.807) is 0 Å². The Balaban J connectivity index is 2.48. The maximum absolute atomic E-state index is 11.4. The summed E-state index contributed by atoms with van der Waals surface area (Å²) in [7, 11) is 0. The molecule has 1 rings (SSSR count). The fourth-order valence-electron chi connectivity index (χ4n) is 2.73. The molecule has 1 aliphatic carbocycles. The van der Waals surface area contributed by atoms with Crippen LogP contribution in [0, 0.1) is 29.1 Å². The van der Waals surface area contributed by atoms with Gasteiger partial charge in [-0.05, 0) is 29.6 Å². The quantitative estimate of drug-likeness (QED) is 0.688. The lowest BCUT2D eigenvalue weighted by Gasteiger charge is -2.25. The molecule has 0 aliphatic heterocycles. The van der Waals surface area contributed by atoms with Gasteiger partial charge >= 0.3 is 5.97 Å². The predicted octanol–water partition coefficient (Wildman–Crippen LogP) is 3.50. The molecule has 0 aromatic heterocycles. The summed E-state index contributed by atoms with van der Waals surface area (Å²) in [6, 6.07) is 0. The standard InChI is InChI=1S/C14H26O2/c1-9(2)13(15)16-8-12-7-14(5,6)11(4)10(12)3/h9-12H,7-8H2,1-6H3. The zero-order chi connectivity index (χ0) is 12.5. The van der Waals surface area contributed by atoms with Crippen molar-refractivity contribution in [3.8, 4) is 0 Å². The summed E-state index contributed by atoms with van der Waals surface area (Å²) in [6.45, 7) is 13.6. The molecule has 1 saturated carbocycles. The number of ether oxygens (including phenoxy) is 1. The van der Waals surface area contributed by atoms with Crippen molar-refractivity contribution in [1.29, 1.82) is 0 Å². The van der Waals surface area contributed by atoms with Crippen molar-refractivity contribution in [1.82, 2.24) is 0 Å². The van der Waals surface area contributed by atoms with E-state index in [1.165, 1.54) is 6.42 Å². The Kier molecular flexibility index (Phi) is 4.03. The van der Waals surface area contributed by atoms with Crippen LogP contribution in [0.2, 0.25) is 0 Å². The number of esters is 1. The van der Waals surface area contributed by atoms with Crippen LogP contribution in [0.5, 0.6) is 0 Å². The van der Waals surface area contributed by atoms with Crippen LogP contribution >= 0.6 is 0 Å². The van der Waals surface area contributed by atoms with Gasteiger partial charge in [0.2, 0.25) is 0 Å². The van der Waals surface area contributed by atoms with Crippen molar-refractivity contribution in [2.24, 2.45) is 29.1 Å². The molecule has 0 N–H and O–H groups in total. The van der Waals surface area contributed by atoms with Crippen molar-refractivity contribution in [3.63, 3.8) is 0 Å². The number of carbonyl (C=O) groups excluding carboxylic acids is 1. The Morgan fingerprint density at radius 3 is 2.31 bits per heavy atom. The lowest BCUT2D eigenvalue weighted by molar-refractivity contribution is -0.149. The largest absolute Gasteiger partial charge is 0.465 e. The minimum atomic E-state index is -0.0652. The van der Waals surface area contributed by atoms with E-state index in [0.717, 1.165) is 0 Å². The third-order valence-electron chi connectivity index (χ3n) is 4.46. The molecule has 1 aliphatic rings. The van der Waals surface area contributed by atoms with Gasteiger partial charge in [-0.3, -0.25) is 4.79 Å². The van der Waals surface area contributed by atoms with Gasteiger partial charge < -0.3 is 4.74 Å². The summed E-state index contributed by atoms with van der Waals surface area (Å²) in [5, 5.41) is 0. The Morgan fingerprint density at radius 2 is 1.94 bits per heavy atom. The van der Waals surface area contributed by atoms with E-state index in [0.29, 0.717) is 29.8 Å². The first-order valence-corrected chi connectivity index (χ1v) is 6.42. The van der Waals surface area contributed by atoms with Gasteiger partial charge in [0.1, 0.15) is 0 Å². The number of hydrogen-bond acceptors (Lipinski definition) is 2. The van der Waals surface area contributed by atoms with Crippen molar-refractivity contribution in [2.45, 2.75) is 48.0 Å². The van der Waals surface area contributed by atoms with Crippen LogP contribution in [-0.2, 0) is 9.53 Å². The summed E-state index contributed by atoms with van der Waals surface area (Å²) in [4.78, 5) is 11.4. The first kappa shape index (κ1) is 13.5. The number of hydrogen-bond donors (Lipinski definition) is 0. The summed E-state index contributed by atoms with van der Waals surface area (Å²) in [5.41, 5.74) is 0.383. The number of carbonyl (C=O) groups is 1. The van der Waals surface area contributed by atoms with E-state index in [-0.39, 0.29) is 11.9 Å². The SMILES string of the molecule is CC(C)C(=O)OCC1CC(C)(C)C(C)C1C. The van der Waals surface area contributed by atoms with E-state index in [1.807, 2.05) is 13.8 Å². The third kappa shape index (κ3) is 2.78. The average Bonchev–Trinajstić information content (AvgIpc) is 2.38. The molecule has 3 atom stereocenters. The summed E-state index contributed by atoms with van der Waals surface area (Å²) in [6.07, 6.45) is 1.17. The molecule has 0 amide bonds. The van der Waals surface area contributed by atoms with Crippen molar-refractivity contribution in [2.75, 3.05) is 6.61 Å². The molecule has 94 valence electrons. The molecule has 0 aromatic rings. The monoisotopic (exact) mass is 226 g/mol. The highest BCUT2D eigenvalue weighted by atomic mass is 16.5. The highest BCUT2D eigenvalue weighted by molar-refractivity contribution is 5.71. The van der Waals surface area contributed by atoms with Crippen LogP contribution in [0.25, 0.3) is 0 Å². The minimum Gasteiger partial charge on any atom is -0.465 e. The van der Waals surface area contributed by atoms with Crippen molar-refractivity contribution >= 4 is 5.97 Å². The van der Waals surface area contributed by atoms with Gasteiger partial charge in [-0.15, -0.1) is 0 Å². The molecule has 0 radical (unpaired) electrons. The van der Waals surface area contributed by atoms with Crippen LogP contribution in [0.4, 0.5) is 0 Å². The molecule has 2 heteroatoms. The fraction of sp³-hybridized carbons (Fsp3) is 0.929. The van der Waals surface area contributed by atoms with E-state index in [9.17, 15) is 4.79 Å². The Bertz CT molecular complexity index is 255. The first-order valence-electron chi connectivity index (χ1n) is 6.42. The van der Waals surface area contributed by atoms with Gasteiger partial charge in [0, 0.05) is 0 Å². The molecule has 2 nitrogen and oxygen atoms in total. The van der Waals surface area contributed by atoms with Gasteiger partial charge in [0.05, 0.1) is 12.5 Å². The van der Waals surface area contributed by atoms with Gasteiger partial charge in [-0.25, -0.2) is 0 Å². The van der Waals surface area contributed by atoms with Gasteiger partial charge in [-0.2, -0.15) is 0 Å². The summed E-state index contributed by atoms with van der Waals surface area (Å²) >= 11 is 0. The Morgan fingerprint density at radius 1 is 1.38 bits per heavy atom. The molecule has 0 bridgehead atoms. The van der Waals surface area contributed by atoms with Gasteiger partial charge in [-0.1, -0.05) is 41.5 Å². The Labute approximate surface area is 99.8 Å². The molecule has 0 aromatic carbocycles. The molecular formula is C14H26O2. The maximum atomic E-state index is 11.4. The smallest absolute Gasteiger partial charge is 0.308 e. The zero-order valence-corrected chi connectivity index (χ0v) is 11.5. The zero-order valence-electron chi connectivity index (χ0n) is 11.5. The van der Waals surface area contributed by atoms with Crippen molar-refractivity contribution in [3.05, 3.63) is 0 Å². The minimum absolute atomic E-state index is 0.0119. The van der Waals surface area contributed by atoms with Gasteiger partial charge in [0.15, 0.2) is 0 Å². The number of rotatable bonds is 3. The molecule has 3 unspecified atom stereocenters. The van der Waals surface area contributed by atoms with Crippen LogP contribution in [-0.4, -0.2) is 12.6 Å². The summed E-state index contributed by atoms with van der Waals surface area (Å²) in [5.74, 6) is 1.81. The van der Waals surface area contributed by atoms with Crippen molar-refractivity contribution < 1.29 is 9.53 Å². The summed E-state index contributed by atoms with van der Waals surface area (Å²) < 4.78 is 5.36. The second-order valence-electron chi connectivity index (χ2n) is 6.39. The first-order chi connectivity index (χ1) is 7.25. The molecule has 1 fully saturated rings. The van der Waals surface area contributed by atoms with E-state index >= 15 is 0 Å². The fourth-order valence-corrected chi connectivity index (χ4v) is 2.73. The molecule has 0 spiro atoms. The maximum Gasteiger partial charge on any atom is 0.308 e. The highest BCUT2D eigenvalue weighted by Crippen LogP contribution is 2.49. The lowest BCUT2D eigenvalue weighted by atomic mass is 9.81. The second kappa shape index (κ2) is 4.77. The normalized spacial score (nSPS) is 33.1. The second-order valence-corrected chi connectivity index (χ2v) is 6.39. The van der Waals surface area contributed by atoms with E-state index in [2.05, 4.69) is 27.7 Å². The Hall–Kier alpha value is -0.530. The van der Waals surface area contributed by atoms with Crippen LogP contribution in [0.1, 0.15) is 48.0 Å².